The first-order chi connectivity index (χ1) is 10.9. The number of hydrogen-bond donors (Lipinski definition) is 0. The van der Waals surface area contributed by atoms with Crippen LogP contribution in [0.2, 0.25) is 0 Å². The van der Waals surface area contributed by atoms with Crippen LogP contribution in [0.25, 0.3) is 0 Å². The Hall–Kier alpha value is -0.920. The Morgan fingerprint density at radius 1 is 0.955 bits per heavy atom. The van der Waals surface area contributed by atoms with Crippen molar-refractivity contribution >= 4 is 0 Å². The van der Waals surface area contributed by atoms with E-state index in [1.54, 1.807) is 6.26 Å². The van der Waals surface area contributed by atoms with Gasteiger partial charge in [0.25, 0.3) is 0 Å². The van der Waals surface area contributed by atoms with E-state index in [2.05, 4.69) is 0 Å². The molecule has 2 heterocycles. The summed E-state index contributed by atoms with van der Waals surface area (Å²) in [5.41, 5.74) is 0. The van der Waals surface area contributed by atoms with E-state index in [0.717, 1.165) is 25.2 Å². The van der Waals surface area contributed by atoms with Crippen LogP contribution in [0.5, 0.6) is 0 Å². The Labute approximate surface area is 131 Å². The minimum atomic E-state index is -0.0417. The molecular formula is C16H26O6. The van der Waals surface area contributed by atoms with Crippen LogP contribution >= 0.6 is 0 Å². The molecule has 1 aliphatic heterocycles. The molecule has 0 spiro atoms. The Balaban J connectivity index is 1.28. The van der Waals surface area contributed by atoms with Crippen molar-refractivity contribution in [3.05, 3.63) is 24.2 Å². The lowest BCUT2D eigenvalue weighted by Crippen LogP contribution is -2.24. The van der Waals surface area contributed by atoms with Crippen molar-refractivity contribution in [2.24, 2.45) is 0 Å². The zero-order valence-corrected chi connectivity index (χ0v) is 13.0. The quantitative estimate of drug-likeness (QED) is 0.552. The molecule has 0 radical (unpaired) electrons. The van der Waals surface area contributed by atoms with E-state index in [0.29, 0.717) is 46.2 Å². The van der Waals surface area contributed by atoms with Gasteiger partial charge in [-0.2, -0.15) is 0 Å². The molecule has 0 amide bonds. The highest BCUT2D eigenvalue weighted by Gasteiger charge is 2.13. The van der Waals surface area contributed by atoms with Gasteiger partial charge < -0.3 is 28.1 Å². The molecule has 1 aliphatic rings. The summed E-state index contributed by atoms with van der Waals surface area (Å²) in [4.78, 5) is 0. The maximum atomic E-state index is 5.56. The van der Waals surface area contributed by atoms with Crippen LogP contribution in [0.3, 0.4) is 0 Å². The van der Waals surface area contributed by atoms with Crippen LogP contribution in [0.4, 0.5) is 0 Å². The van der Waals surface area contributed by atoms with Crippen LogP contribution in [0, 0.1) is 0 Å². The van der Waals surface area contributed by atoms with E-state index in [4.69, 9.17) is 28.1 Å². The van der Waals surface area contributed by atoms with Gasteiger partial charge in [-0.05, 0) is 31.4 Å². The molecule has 0 aliphatic carbocycles. The Morgan fingerprint density at radius 2 is 1.73 bits per heavy atom. The zero-order valence-electron chi connectivity index (χ0n) is 13.0. The van der Waals surface area contributed by atoms with Crippen LogP contribution in [-0.4, -0.2) is 52.5 Å². The molecule has 2 rings (SSSR count). The molecule has 0 aromatic carbocycles. The van der Waals surface area contributed by atoms with E-state index in [9.17, 15) is 0 Å². The first-order valence-corrected chi connectivity index (χ1v) is 7.94. The number of rotatable bonds is 12. The summed E-state index contributed by atoms with van der Waals surface area (Å²) in [6.07, 6.45) is 4.90. The summed E-state index contributed by atoms with van der Waals surface area (Å²) in [6.45, 7) is 4.64. The fraction of sp³-hybridized carbons (Fsp3) is 0.750. The standard InChI is InChI=1S/C16H26O6/c1-2-6-21-16(5-1)22-13-12-18-9-8-17-10-11-19-14-15-4-3-7-20-15/h3-4,7,16H,1-2,5-6,8-14H2. The highest BCUT2D eigenvalue weighted by Crippen LogP contribution is 2.13. The van der Waals surface area contributed by atoms with Crippen LogP contribution in [-0.2, 0) is 30.3 Å². The first-order valence-electron chi connectivity index (χ1n) is 7.94. The summed E-state index contributed by atoms with van der Waals surface area (Å²) in [5.74, 6) is 0.824. The fourth-order valence-electron chi connectivity index (χ4n) is 2.09. The lowest BCUT2D eigenvalue weighted by Gasteiger charge is -2.22. The van der Waals surface area contributed by atoms with Crippen molar-refractivity contribution in [2.75, 3.05) is 46.2 Å². The minimum absolute atomic E-state index is 0.0417. The fourth-order valence-corrected chi connectivity index (χ4v) is 2.09. The molecule has 1 atom stereocenters. The molecule has 6 heteroatoms. The topological polar surface area (TPSA) is 59.3 Å². The molecule has 1 unspecified atom stereocenters. The van der Waals surface area contributed by atoms with Gasteiger partial charge in [-0.3, -0.25) is 0 Å². The molecule has 22 heavy (non-hydrogen) atoms. The monoisotopic (exact) mass is 314 g/mol. The predicted octanol–water partition coefficient (Wildman–Crippen LogP) is 2.37. The lowest BCUT2D eigenvalue weighted by molar-refractivity contribution is -0.169. The van der Waals surface area contributed by atoms with Gasteiger partial charge in [0, 0.05) is 6.61 Å². The van der Waals surface area contributed by atoms with Gasteiger partial charge in [0.15, 0.2) is 6.29 Å². The second kappa shape index (κ2) is 11.6. The van der Waals surface area contributed by atoms with E-state index in [1.165, 1.54) is 6.42 Å². The van der Waals surface area contributed by atoms with Gasteiger partial charge in [-0.25, -0.2) is 0 Å². The summed E-state index contributed by atoms with van der Waals surface area (Å²) in [5, 5.41) is 0. The average molecular weight is 314 g/mol. The smallest absolute Gasteiger partial charge is 0.157 e. The molecular weight excluding hydrogens is 288 g/mol. The lowest BCUT2D eigenvalue weighted by atomic mass is 10.2. The van der Waals surface area contributed by atoms with Gasteiger partial charge in [0.2, 0.25) is 0 Å². The molecule has 1 fully saturated rings. The number of ether oxygens (including phenoxy) is 5. The molecule has 1 aromatic heterocycles. The number of furan rings is 1. The van der Waals surface area contributed by atoms with Gasteiger partial charge in [0.05, 0.1) is 45.9 Å². The summed E-state index contributed by atoms with van der Waals surface area (Å²) < 4.78 is 32.4. The van der Waals surface area contributed by atoms with Crippen molar-refractivity contribution < 1.29 is 28.1 Å². The Morgan fingerprint density at radius 3 is 2.41 bits per heavy atom. The van der Waals surface area contributed by atoms with E-state index < -0.39 is 0 Å². The summed E-state index contributed by atoms with van der Waals surface area (Å²) in [7, 11) is 0. The minimum Gasteiger partial charge on any atom is -0.467 e. The number of hydrogen-bond acceptors (Lipinski definition) is 6. The SMILES string of the molecule is c1coc(COCCOCCOCCOC2CCCCO2)c1. The molecule has 1 aromatic rings. The third-order valence-corrected chi connectivity index (χ3v) is 3.24. The van der Waals surface area contributed by atoms with Crippen molar-refractivity contribution in [2.45, 2.75) is 32.2 Å². The average Bonchev–Trinajstić information content (AvgIpc) is 3.07. The van der Waals surface area contributed by atoms with E-state index in [1.807, 2.05) is 12.1 Å². The van der Waals surface area contributed by atoms with Gasteiger partial charge in [-0.15, -0.1) is 0 Å². The normalized spacial score (nSPS) is 18.6. The highest BCUT2D eigenvalue weighted by molar-refractivity contribution is 4.95. The van der Waals surface area contributed by atoms with Gasteiger partial charge in [-0.1, -0.05) is 0 Å². The van der Waals surface area contributed by atoms with Gasteiger partial charge >= 0.3 is 0 Å². The molecule has 0 N–H and O–H groups in total. The molecule has 6 nitrogen and oxygen atoms in total. The van der Waals surface area contributed by atoms with Crippen molar-refractivity contribution in [1.82, 2.24) is 0 Å². The maximum Gasteiger partial charge on any atom is 0.157 e. The second-order valence-electron chi connectivity index (χ2n) is 5.02. The van der Waals surface area contributed by atoms with Crippen LogP contribution < -0.4 is 0 Å². The third-order valence-electron chi connectivity index (χ3n) is 3.24. The maximum absolute atomic E-state index is 5.56. The highest BCUT2D eigenvalue weighted by atomic mass is 16.7. The van der Waals surface area contributed by atoms with Crippen molar-refractivity contribution in [3.8, 4) is 0 Å². The molecule has 0 saturated carbocycles. The summed E-state index contributed by atoms with van der Waals surface area (Å²) >= 11 is 0. The Kier molecular flexibility index (Phi) is 9.21. The second-order valence-corrected chi connectivity index (χ2v) is 5.02. The molecule has 126 valence electrons. The molecule has 0 bridgehead atoms. The van der Waals surface area contributed by atoms with Crippen molar-refractivity contribution in [3.63, 3.8) is 0 Å². The van der Waals surface area contributed by atoms with Crippen LogP contribution in [0.1, 0.15) is 25.0 Å². The van der Waals surface area contributed by atoms with Crippen LogP contribution in [0.15, 0.2) is 22.8 Å². The molecule has 1 saturated heterocycles. The van der Waals surface area contributed by atoms with E-state index in [-0.39, 0.29) is 6.29 Å². The van der Waals surface area contributed by atoms with Crippen molar-refractivity contribution in [1.29, 1.82) is 0 Å². The largest absolute Gasteiger partial charge is 0.467 e. The Bertz CT molecular complexity index is 348. The first kappa shape index (κ1) is 17.4. The summed E-state index contributed by atoms with van der Waals surface area (Å²) in [6, 6.07) is 3.73. The predicted molar refractivity (Wildman–Crippen MR) is 79.5 cm³/mol. The van der Waals surface area contributed by atoms with E-state index >= 15 is 0 Å². The third kappa shape index (κ3) is 7.91. The van der Waals surface area contributed by atoms with Gasteiger partial charge in [0.1, 0.15) is 12.4 Å². The zero-order chi connectivity index (χ0) is 15.3.